The van der Waals surface area contributed by atoms with Gasteiger partial charge >= 0.3 is 6.09 Å². The second-order valence-corrected chi connectivity index (χ2v) is 9.99. The summed E-state index contributed by atoms with van der Waals surface area (Å²) in [6, 6.07) is 10.3. The topological polar surface area (TPSA) is 68.5 Å². The molecule has 2 heterocycles. The Labute approximate surface area is 191 Å². The molecule has 0 bridgehead atoms. The summed E-state index contributed by atoms with van der Waals surface area (Å²) in [6.45, 7) is 7.41. The van der Waals surface area contributed by atoms with Crippen LogP contribution in [0.3, 0.4) is 0 Å². The molecule has 32 heavy (non-hydrogen) atoms. The predicted molar refractivity (Wildman–Crippen MR) is 123 cm³/mol. The van der Waals surface area contributed by atoms with Crippen molar-refractivity contribution in [2.45, 2.75) is 84.3 Å². The van der Waals surface area contributed by atoms with Crippen molar-refractivity contribution >= 4 is 6.09 Å². The average Bonchev–Trinajstić information content (AvgIpc) is 3.44. The van der Waals surface area contributed by atoms with Gasteiger partial charge in [0, 0.05) is 13.0 Å². The molecule has 1 saturated carbocycles. The molecule has 6 nitrogen and oxygen atoms in total. The quantitative estimate of drug-likeness (QED) is 0.531. The highest BCUT2D eigenvalue weighted by Gasteiger charge is 2.39. The van der Waals surface area contributed by atoms with Crippen LogP contribution in [0.1, 0.15) is 82.6 Å². The van der Waals surface area contributed by atoms with Crippen molar-refractivity contribution < 1.29 is 14.1 Å². The zero-order chi connectivity index (χ0) is 22.5. The van der Waals surface area contributed by atoms with Crippen LogP contribution in [-0.4, -0.2) is 33.8 Å². The molecule has 1 amide bonds. The second kappa shape index (κ2) is 10.5. The molecule has 3 unspecified atom stereocenters. The van der Waals surface area contributed by atoms with Crippen LogP contribution in [0.15, 0.2) is 34.9 Å². The molecule has 2 aromatic rings. The highest BCUT2D eigenvalue weighted by molar-refractivity contribution is 5.68. The first-order chi connectivity index (χ1) is 15.5. The molecule has 0 spiro atoms. The van der Waals surface area contributed by atoms with Crippen LogP contribution >= 0.6 is 0 Å². The number of rotatable bonds is 7. The largest absolute Gasteiger partial charge is 0.446 e. The minimum absolute atomic E-state index is 0.00346. The summed E-state index contributed by atoms with van der Waals surface area (Å²) >= 11 is 0. The van der Waals surface area contributed by atoms with Crippen molar-refractivity contribution in [3.63, 3.8) is 0 Å². The van der Waals surface area contributed by atoms with Gasteiger partial charge in [-0.05, 0) is 61.8 Å². The fourth-order valence-corrected chi connectivity index (χ4v) is 5.29. The van der Waals surface area contributed by atoms with E-state index in [1.165, 1.54) is 12.0 Å². The zero-order valence-electron chi connectivity index (χ0n) is 19.7. The van der Waals surface area contributed by atoms with Crippen LogP contribution < -0.4 is 0 Å². The maximum Gasteiger partial charge on any atom is 0.410 e. The first-order valence-corrected chi connectivity index (χ1v) is 12.3. The van der Waals surface area contributed by atoms with Crippen LogP contribution in [0.25, 0.3) is 0 Å². The van der Waals surface area contributed by atoms with Gasteiger partial charge in [-0.25, -0.2) is 4.79 Å². The minimum Gasteiger partial charge on any atom is -0.446 e. The summed E-state index contributed by atoms with van der Waals surface area (Å²) in [5.41, 5.74) is 1.32. The monoisotopic (exact) mass is 439 g/mol. The number of hydrogen-bond donors (Lipinski definition) is 0. The molecule has 0 radical (unpaired) electrons. The third kappa shape index (κ3) is 5.51. The average molecular weight is 440 g/mol. The Morgan fingerprint density at radius 2 is 2.00 bits per heavy atom. The lowest BCUT2D eigenvalue weighted by atomic mass is 9.75. The molecular formula is C26H37N3O3. The van der Waals surface area contributed by atoms with Gasteiger partial charge in [0.25, 0.3) is 0 Å². The van der Waals surface area contributed by atoms with Gasteiger partial charge in [0.15, 0.2) is 5.82 Å². The molecule has 174 valence electrons. The summed E-state index contributed by atoms with van der Waals surface area (Å²) in [6.07, 6.45) is 7.60. The van der Waals surface area contributed by atoms with Crippen LogP contribution in [-0.2, 0) is 17.6 Å². The van der Waals surface area contributed by atoms with Crippen molar-refractivity contribution in [1.82, 2.24) is 15.0 Å². The molecule has 2 aliphatic rings. The highest BCUT2D eigenvalue weighted by atomic mass is 16.6. The molecule has 1 aromatic carbocycles. The standard InChI is InChI=1S/C26H37N3O3/c1-18(2)21-15-14-19(3)17-23(21)31-26(30)29-16-8-12-22(29)25-27-24(28-32-25)13-7-11-20-9-5-4-6-10-20/h4-6,9-10,18-19,21-23H,7-8,11-17H2,1-3H3/t19?,21?,22-,23?/m0/s1. The lowest BCUT2D eigenvalue weighted by molar-refractivity contribution is -0.0131. The Bertz CT molecular complexity index is 866. The van der Waals surface area contributed by atoms with Crippen LogP contribution in [0, 0.1) is 17.8 Å². The van der Waals surface area contributed by atoms with Gasteiger partial charge in [0.1, 0.15) is 12.1 Å². The SMILES string of the molecule is CC1CCC(C(C)C)C(OC(=O)N2CCC[C@H]2c2nc(CCCc3ccccc3)no2)C1. The number of aromatic nitrogens is 2. The lowest BCUT2D eigenvalue weighted by Gasteiger charge is -2.37. The van der Waals surface area contributed by atoms with Gasteiger partial charge in [0.2, 0.25) is 5.89 Å². The highest BCUT2D eigenvalue weighted by Crippen LogP contribution is 2.37. The number of carbonyl (C=O) groups is 1. The minimum atomic E-state index is -0.221. The summed E-state index contributed by atoms with van der Waals surface area (Å²) in [4.78, 5) is 19.6. The first-order valence-electron chi connectivity index (χ1n) is 12.3. The maximum absolute atomic E-state index is 13.1. The third-order valence-electron chi connectivity index (χ3n) is 7.18. The van der Waals surface area contributed by atoms with E-state index in [1.807, 2.05) is 6.07 Å². The van der Waals surface area contributed by atoms with E-state index in [9.17, 15) is 4.79 Å². The number of aryl methyl sites for hydroxylation is 2. The molecule has 6 heteroatoms. The number of carbonyl (C=O) groups excluding carboxylic acids is 1. The number of nitrogens with zero attached hydrogens (tertiary/aromatic N) is 3. The van der Waals surface area contributed by atoms with Gasteiger partial charge in [-0.3, -0.25) is 4.90 Å². The Balaban J connectivity index is 1.34. The molecular weight excluding hydrogens is 402 g/mol. The Morgan fingerprint density at radius 3 is 2.78 bits per heavy atom. The number of amides is 1. The van der Waals surface area contributed by atoms with E-state index in [-0.39, 0.29) is 18.2 Å². The second-order valence-electron chi connectivity index (χ2n) is 9.99. The fraction of sp³-hybridized carbons (Fsp3) is 0.654. The Kier molecular flexibility index (Phi) is 7.48. The zero-order valence-corrected chi connectivity index (χ0v) is 19.7. The number of likely N-dealkylation sites (tertiary alicyclic amines) is 1. The number of benzene rings is 1. The van der Waals surface area contributed by atoms with Gasteiger partial charge in [0.05, 0.1) is 0 Å². The Morgan fingerprint density at radius 1 is 1.19 bits per heavy atom. The molecule has 1 aromatic heterocycles. The summed E-state index contributed by atoms with van der Waals surface area (Å²) in [5, 5.41) is 4.18. The van der Waals surface area contributed by atoms with Crippen LogP contribution in [0.4, 0.5) is 4.79 Å². The van der Waals surface area contributed by atoms with Crippen molar-refractivity contribution in [3.05, 3.63) is 47.6 Å². The molecule has 0 N–H and O–H groups in total. The van der Waals surface area contributed by atoms with E-state index in [4.69, 9.17) is 9.26 Å². The number of hydrogen-bond acceptors (Lipinski definition) is 5. The summed E-state index contributed by atoms with van der Waals surface area (Å²) < 4.78 is 11.7. The predicted octanol–water partition coefficient (Wildman–Crippen LogP) is 5.98. The van der Waals surface area contributed by atoms with Gasteiger partial charge in [-0.1, -0.05) is 62.7 Å². The molecule has 2 fully saturated rings. The van der Waals surface area contributed by atoms with E-state index in [0.29, 0.717) is 30.2 Å². The van der Waals surface area contributed by atoms with Gasteiger partial charge < -0.3 is 9.26 Å². The van der Waals surface area contributed by atoms with Crippen molar-refractivity contribution in [2.24, 2.45) is 17.8 Å². The molecule has 1 aliphatic heterocycles. The smallest absolute Gasteiger partial charge is 0.410 e. The normalized spacial score (nSPS) is 25.9. The van der Waals surface area contributed by atoms with E-state index in [0.717, 1.165) is 50.8 Å². The molecule has 1 saturated heterocycles. The van der Waals surface area contributed by atoms with Crippen molar-refractivity contribution in [2.75, 3.05) is 6.54 Å². The fourth-order valence-electron chi connectivity index (χ4n) is 5.29. The van der Waals surface area contributed by atoms with Crippen LogP contribution in [0.5, 0.6) is 0 Å². The van der Waals surface area contributed by atoms with E-state index < -0.39 is 0 Å². The third-order valence-corrected chi connectivity index (χ3v) is 7.18. The molecule has 4 atom stereocenters. The molecule has 1 aliphatic carbocycles. The Hall–Kier alpha value is -2.37. The van der Waals surface area contributed by atoms with E-state index in [1.54, 1.807) is 4.90 Å². The van der Waals surface area contributed by atoms with Crippen molar-refractivity contribution in [1.29, 1.82) is 0 Å². The molecule has 4 rings (SSSR count). The van der Waals surface area contributed by atoms with E-state index >= 15 is 0 Å². The summed E-state index contributed by atoms with van der Waals surface area (Å²) in [7, 11) is 0. The van der Waals surface area contributed by atoms with Gasteiger partial charge in [-0.2, -0.15) is 4.98 Å². The maximum atomic E-state index is 13.1. The lowest BCUT2D eigenvalue weighted by Crippen LogP contribution is -2.40. The first kappa shape index (κ1) is 22.8. The summed E-state index contributed by atoms with van der Waals surface area (Å²) in [5.74, 6) is 2.83. The number of ether oxygens (including phenoxy) is 1. The van der Waals surface area contributed by atoms with Crippen molar-refractivity contribution in [3.8, 4) is 0 Å². The van der Waals surface area contributed by atoms with Crippen LogP contribution in [0.2, 0.25) is 0 Å². The van der Waals surface area contributed by atoms with E-state index in [2.05, 4.69) is 55.2 Å². The van der Waals surface area contributed by atoms with Gasteiger partial charge in [-0.15, -0.1) is 0 Å².